The number of nitrogens with one attached hydrogen (secondary N) is 1. The van der Waals surface area contributed by atoms with E-state index in [9.17, 15) is 8.42 Å². The van der Waals surface area contributed by atoms with E-state index in [2.05, 4.69) is 4.72 Å². The molecule has 1 aliphatic carbocycles. The van der Waals surface area contributed by atoms with Crippen LogP contribution in [-0.4, -0.2) is 20.5 Å². The lowest BCUT2D eigenvalue weighted by Crippen LogP contribution is -2.40. The molecule has 0 bridgehead atoms. The molecule has 0 saturated heterocycles. The smallest absolute Gasteiger partial charge is 0.240 e. The summed E-state index contributed by atoms with van der Waals surface area (Å²) in [5, 5.41) is 8.60. The molecule has 1 aromatic carbocycles. The molecule has 0 radical (unpaired) electrons. The van der Waals surface area contributed by atoms with E-state index in [1.54, 1.807) is 24.3 Å². The molecule has 0 aliphatic heterocycles. The Morgan fingerprint density at radius 1 is 1.20 bits per heavy atom. The second-order valence-corrected chi connectivity index (χ2v) is 6.93. The maximum absolute atomic E-state index is 12.2. The molecule has 0 unspecified atom stereocenters. The number of nitrogens with zero attached hydrogens (tertiary/aromatic N) is 1. The second kappa shape index (κ2) is 6.35. The lowest BCUT2D eigenvalue weighted by atomic mass is 9.93. The van der Waals surface area contributed by atoms with Gasteiger partial charge < -0.3 is 5.73 Å². The fourth-order valence-corrected chi connectivity index (χ4v) is 3.71. The standard InChI is InChI=1S/C14H19N3O2S/c15-10-9-11-1-7-14(8-2-11)20(18,19)17-13-5-3-12(16)4-6-13/h1-2,7-8,12-13,17H,3-6,9,16H2. The van der Waals surface area contributed by atoms with Gasteiger partial charge in [0.2, 0.25) is 10.0 Å². The SMILES string of the molecule is N#CCc1ccc(S(=O)(=O)NC2CCC(N)CC2)cc1. The van der Waals surface area contributed by atoms with E-state index in [4.69, 9.17) is 11.0 Å². The van der Waals surface area contributed by atoms with Gasteiger partial charge in [0.05, 0.1) is 17.4 Å². The third kappa shape index (κ3) is 3.79. The van der Waals surface area contributed by atoms with E-state index in [0.29, 0.717) is 0 Å². The monoisotopic (exact) mass is 293 g/mol. The fourth-order valence-electron chi connectivity index (χ4n) is 2.40. The van der Waals surface area contributed by atoms with Crippen molar-refractivity contribution in [1.29, 1.82) is 5.26 Å². The van der Waals surface area contributed by atoms with Crippen LogP contribution in [0.5, 0.6) is 0 Å². The Balaban J connectivity index is 2.04. The minimum Gasteiger partial charge on any atom is -0.328 e. The fraction of sp³-hybridized carbons (Fsp3) is 0.500. The van der Waals surface area contributed by atoms with Gasteiger partial charge in [0.1, 0.15) is 0 Å². The molecule has 5 nitrogen and oxygen atoms in total. The largest absolute Gasteiger partial charge is 0.328 e. The van der Waals surface area contributed by atoms with Crippen LogP contribution in [-0.2, 0) is 16.4 Å². The van der Waals surface area contributed by atoms with E-state index >= 15 is 0 Å². The molecule has 0 aromatic heterocycles. The average Bonchev–Trinajstić information content (AvgIpc) is 2.42. The highest BCUT2D eigenvalue weighted by Gasteiger charge is 2.24. The Kier molecular flexibility index (Phi) is 4.76. The van der Waals surface area contributed by atoms with E-state index < -0.39 is 10.0 Å². The van der Waals surface area contributed by atoms with Gasteiger partial charge in [-0.05, 0) is 43.4 Å². The van der Waals surface area contributed by atoms with E-state index in [1.807, 2.05) is 6.07 Å². The first-order chi connectivity index (χ1) is 9.51. The van der Waals surface area contributed by atoms with Crippen molar-refractivity contribution in [3.63, 3.8) is 0 Å². The first-order valence-electron chi connectivity index (χ1n) is 6.75. The summed E-state index contributed by atoms with van der Waals surface area (Å²) in [6.45, 7) is 0. The number of sulfonamides is 1. The minimum absolute atomic E-state index is 0.0291. The van der Waals surface area contributed by atoms with Gasteiger partial charge >= 0.3 is 0 Å². The van der Waals surface area contributed by atoms with Crippen molar-refractivity contribution in [2.75, 3.05) is 0 Å². The Hall–Kier alpha value is -1.42. The van der Waals surface area contributed by atoms with Crippen LogP contribution in [0, 0.1) is 11.3 Å². The summed E-state index contributed by atoms with van der Waals surface area (Å²) >= 11 is 0. The van der Waals surface area contributed by atoms with Crippen molar-refractivity contribution in [2.24, 2.45) is 5.73 Å². The third-order valence-corrected chi connectivity index (χ3v) is 5.15. The Morgan fingerprint density at radius 2 is 1.80 bits per heavy atom. The lowest BCUT2D eigenvalue weighted by Gasteiger charge is -2.26. The van der Waals surface area contributed by atoms with Crippen LogP contribution in [0.3, 0.4) is 0 Å². The average molecular weight is 293 g/mol. The molecule has 6 heteroatoms. The number of benzene rings is 1. The number of hydrogen-bond acceptors (Lipinski definition) is 4. The van der Waals surface area contributed by atoms with E-state index in [-0.39, 0.29) is 23.4 Å². The first kappa shape index (κ1) is 15.0. The summed E-state index contributed by atoms with van der Waals surface area (Å²) in [6, 6.07) is 8.64. The topological polar surface area (TPSA) is 96.0 Å². The molecular weight excluding hydrogens is 274 g/mol. The zero-order valence-corrected chi connectivity index (χ0v) is 12.1. The van der Waals surface area contributed by atoms with Crippen molar-refractivity contribution in [3.8, 4) is 6.07 Å². The van der Waals surface area contributed by atoms with Gasteiger partial charge in [0.15, 0.2) is 0 Å². The summed E-state index contributed by atoms with van der Waals surface area (Å²) in [7, 11) is -3.48. The zero-order chi connectivity index (χ0) is 14.6. The molecule has 2 rings (SSSR count). The van der Waals surface area contributed by atoms with Crippen LogP contribution in [0.2, 0.25) is 0 Å². The number of rotatable bonds is 4. The molecule has 0 heterocycles. The van der Waals surface area contributed by atoms with Crippen LogP contribution in [0.1, 0.15) is 31.2 Å². The Morgan fingerprint density at radius 3 is 2.35 bits per heavy atom. The predicted octanol–water partition coefficient (Wildman–Crippen LogP) is 1.30. The summed E-state index contributed by atoms with van der Waals surface area (Å²) in [6.07, 6.45) is 3.57. The molecular formula is C14H19N3O2S. The summed E-state index contributed by atoms with van der Waals surface area (Å²) in [5.74, 6) is 0. The van der Waals surface area contributed by atoms with Gasteiger partial charge in [-0.25, -0.2) is 13.1 Å². The summed E-state index contributed by atoms with van der Waals surface area (Å²) in [4.78, 5) is 0.245. The quantitative estimate of drug-likeness (QED) is 0.874. The highest BCUT2D eigenvalue weighted by molar-refractivity contribution is 7.89. The Labute approximate surface area is 119 Å². The Bertz CT molecular complexity index is 582. The van der Waals surface area contributed by atoms with Crippen molar-refractivity contribution >= 4 is 10.0 Å². The second-order valence-electron chi connectivity index (χ2n) is 5.21. The molecule has 0 atom stereocenters. The zero-order valence-electron chi connectivity index (χ0n) is 11.2. The predicted molar refractivity (Wildman–Crippen MR) is 76.3 cm³/mol. The van der Waals surface area contributed by atoms with Crippen LogP contribution in [0.25, 0.3) is 0 Å². The summed E-state index contributed by atoms with van der Waals surface area (Å²) < 4.78 is 27.2. The molecule has 20 heavy (non-hydrogen) atoms. The molecule has 1 fully saturated rings. The maximum Gasteiger partial charge on any atom is 0.240 e. The molecule has 1 aliphatic rings. The van der Waals surface area contributed by atoms with Crippen LogP contribution < -0.4 is 10.5 Å². The van der Waals surface area contributed by atoms with Crippen LogP contribution in [0.15, 0.2) is 29.2 Å². The van der Waals surface area contributed by atoms with E-state index in [1.165, 1.54) is 0 Å². The first-order valence-corrected chi connectivity index (χ1v) is 8.23. The molecule has 1 aromatic rings. The van der Waals surface area contributed by atoms with Gasteiger partial charge in [-0.15, -0.1) is 0 Å². The maximum atomic E-state index is 12.2. The highest BCUT2D eigenvalue weighted by atomic mass is 32.2. The molecule has 3 N–H and O–H groups in total. The molecule has 108 valence electrons. The number of nitrogens with two attached hydrogens (primary N) is 1. The van der Waals surface area contributed by atoms with Crippen molar-refractivity contribution in [1.82, 2.24) is 4.72 Å². The number of hydrogen-bond donors (Lipinski definition) is 2. The number of nitriles is 1. The van der Waals surface area contributed by atoms with Gasteiger partial charge in [0.25, 0.3) is 0 Å². The molecule has 1 saturated carbocycles. The van der Waals surface area contributed by atoms with Gasteiger partial charge in [-0.3, -0.25) is 0 Å². The molecule has 0 spiro atoms. The summed E-state index contributed by atoms with van der Waals surface area (Å²) in [5.41, 5.74) is 6.63. The van der Waals surface area contributed by atoms with Crippen molar-refractivity contribution in [3.05, 3.63) is 29.8 Å². The third-order valence-electron chi connectivity index (χ3n) is 3.61. The minimum atomic E-state index is -3.48. The highest BCUT2D eigenvalue weighted by Crippen LogP contribution is 2.19. The van der Waals surface area contributed by atoms with Gasteiger partial charge in [-0.1, -0.05) is 12.1 Å². The van der Waals surface area contributed by atoms with Crippen LogP contribution >= 0.6 is 0 Å². The normalized spacial score (nSPS) is 23.2. The van der Waals surface area contributed by atoms with Crippen LogP contribution in [0.4, 0.5) is 0 Å². The van der Waals surface area contributed by atoms with Gasteiger partial charge in [-0.2, -0.15) is 5.26 Å². The van der Waals surface area contributed by atoms with Crippen molar-refractivity contribution < 1.29 is 8.42 Å². The van der Waals surface area contributed by atoms with E-state index in [0.717, 1.165) is 31.2 Å². The van der Waals surface area contributed by atoms with Gasteiger partial charge in [0, 0.05) is 12.1 Å². The molecule has 0 amide bonds. The van der Waals surface area contributed by atoms with Crippen molar-refractivity contribution in [2.45, 2.75) is 49.1 Å². The lowest BCUT2D eigenvalue weighted by molar-refractivity contribution is 0.373.